The van der Waals surface area contributed by atoms with E-state index in [2.05, 4.69) is 0 Å². The molecule has 11 N–H and O–H groups in total. The maximum Gasteiger partial charge on any atom is 0.224 e. The average Bonchev–Trinajstić information content (AvgIpc) is 3.08. The molecule has 0 bridgehead atoms. The number of aliphatic hydroxyl groups is 11. The van der Waals surface area contributed by atoms with Crippen LogP contribution >= 0.6 is 0 Å². The molecule has 3 aliphatic heterocycles. The molecule has 0 aromatic rings. The van der Waals surface area contributed by atoms with Gasteiger partial charge in [0.05, 0.1) is 19.8 Å². The first-order valence-corrected chi connectivity index (χ1v) is 10.6. The van der Waals surface area contributed by atoms with E-state index in [4.69, 9.17) is 23.7 Å². The largest absolute Gasteiger partial charge is 0.394 e. The predicted octanol–water partition coefficient (Wildman–Crippen LogP) is -7.57. The van der Waals surface area contributed by atoms with Gasteiger partial charge in [0.25, 0.3) is 0 Å². The van der Waals surface area contributed by atoms with Crippen molar-refractivity contribution in [3.05, 3.63) is 0 Å². The first-order chi connectivity index (χ1) is 16.0. The van der Waals surface area contributed by atoms with Crippen LogP contribution in [-0.4, -0.2) is 168 Å². The van der Waals surface area contributed by atoms with Crippen LogP contribution in [0, 0.1) is 0 Å². The van der Waals surface area contributed by atoms with E-state index in [1.807, 2.05) is 0 Å². The number of ether oxygens (including phenoxy) is 5. The maximum atomic E-state index is 10.3. The molecule has 34 heavy (non-hydrogen) atoms. The number of rotatable bonds is 8. The standard InChI is InChI=1S/C18H32O16/c19-1-5-8(22)11(25)13(27)16(31-5)30-3-7-9(23)12(26)14(28)17(32-7)34-18(4-21)15(29)10(24)6(2-20)33-18/h5-17,19-29H,1-4H2/t5-,6-,7-,8-,9-,10-,11+,12+,13+,14+,15-,16-,17-,18+/m1/s1. The molecule has 0 spiro atoms. The molecule has 0 aliphatic carbocycles. The van der Waals surface area contributed by atoms with Crippen LogP contribution in [0.15, 0.2) is 0 Å². The third-order valence-corrected chi connectivity index (χ3v) is 6.16. The first kappa shape index (κ1) is 27.9. The van der Waals surface area contributed by atoms with Gasteiger partial charge in [0, 0.05) is 0 Å². The monoisotopic (exact) mass is 504 g/mol. The van der Waals surface area contributed by atoms with Crippen LogP contribution in [0.3, 0.4) is 0 Å². The van der Waals surface area contributed by atoms with Crippen molar-refractivity contribution in [3.8, 4) is 0 Å². The Bertz CT molecular complexity index is 653. The van der Waals surface area contributed by atoms with E-state index < -0.39 is 112 Å². The van der Waals surface area contributed by atoms with Gasteiger partial charge in [-0.25, -0.2) is 0 Å². The predicted molar refractivity (Wildman–Crippen MR) is 101 cm³/mol. The van der Waals surface area contributed by atoms with Crippen LogP contribution in [0.2, 0.25) is 0 Å². The van der Waals surface area contributed by atoms with Gasteiger partial charge in [-0.1, -0.05) is 0 Å². The van der Waals surface area contributed by atoms with Crippen molar-refractivity contribution in [2.75, 3.05) is 26.4 Å². The zero-order valence-electron chi connectivity index (χ0n) is 17.8. The molecule has 0 amide bonds. The second-order valence-corrected chi connectivity index (χ2v) is 8.41. The van der Waals surface area contributed by atoms with Gasteiger partial charge in [-0.15, -0.1) is 0 Å². The van der Waals surface area contributed by atoms with Gasteiger partial charge < -0.3 is 79.9 Å². The lowest BCUT2D eigenvalue weighted by atomic mass is 9.98. The van der Waals surface area contributed by atoms with Crippen molar-refractivity contribution < 1.29 is 79.9 Å². The zero-order chi connectivity index (χ0) is 25.4. The Balaban J connectivity index is 1.69. The average molecular weight is 504 g/mol. The summed E-state index contributed by atoms with van der Waals surface area (Å²) in [5.74, 6) is -2.36. The van der Waals surface area contributed by atoms with Crippen molar-refractivity contribution in [1.82, 2.24) is 0 Å². The summed E-state index contributed by atoms with van der Waals surface area (Å²) in [5.41, 5.74) is 0. The highest BCUT2D eigenvalue weighted by Gasteiger charge is 2.58. The second kappa shape index (κ2) is 11.2. The van der Waals surface area contributed by atoms with Crippen molar-refractivity contribution in [1.29, 1.82) is 0 Å². The fraction of sp³-hybridized carbons (Fsp3) is 1.00. The Morgan fingerprint density at radius 2 is 1.12 bits per heavy atom. The van der Waals surface area contributed by atoms with E-state index in [1.54, 1.807) is 0 Å². The van der Waals surface area contributed by atoms with Crippen molar-refractivity contribution in [2.24, 2.45) is 0 Å². The van der Waals surface area contributed by atoms with E-state index in [0.29, 0.717) is 0 Å². The third-order valence-electron chi connectivity index (χ3n) is 6.16. The first-order valence-electron chi connectivity index (χ1n) is 10.6. The molecular formula is C18H32O16. The summed E-state index contributed by atoms with van der Waals surface area (Å²) >= 11 is 0. The molecule has 3 saturated heterocycles. The van der Waals surface area contributed by atoms with Crippen molar-refractivity contribution in [2.45, 2.75) is 85.5 Å². The molecule has 3 aliphatic rings. The Hall–Kier alpha value is -0.640. The minimum atomic E-state index is -2.36. The van der Waals surface area contributed by atoms with Gasteiger partial charge in [-0.05, 0) is 0 Å². The lowest BCUT2D eigenvalue weighted by molar-refractivity contribution is -0.388. The highest BCUT2D eigenvalue weighted by molar-refractivity contribution is 4.98. The summed E-state index contributed by atoms with van der Waals surface area (Å²) in [5, 5.41) is 109. The molecule has 3 heterocycles. The molecule has 0 aromatic carbocycles. The van der Waals surface area contributed by atoms with Crippen LogP contribution in [-0.2, 0) is 23.7 Å². The smallest absolute Gasteiger partial charge is 0.224 e. The molecule has 0 aromatic heterocycles. The molecule has 200 valence electrons. The van der Waals surface area contributed by atoms with Gasteiger partial charge in [0.2, 0.25) is 5.79 Å². The highest BCUT2D eigenvalue weighted by atomic mass is 16.8. The van der Waals surface area contributed by atoms with Crippen molar-refractivity contribution >= 4 is 0 Å². The van der Waals surface area contributed by atoms with E-state index in [0.717, 1.165) is 0 Å². The van der Waals surface area contributed by atoms with E-state index >= 15 is 0 Å². The van der Waals surface area contributed by atoms with Crippen LogP contribution < -0.4 is 0 Å². The summed E-state index contributed by atoms with van der Waals surface area (Å²) in [4.78, 5) is 0. The van der Waals surface area contributed by atoms with Crippen molar-refractivity contribution in [3.63, 3.8) is 0 Å². The SMILES string of the molecule is OC[C@H]1O[C@@H](OC[C@H]2O[C@H](O[C@]3(CO)O[C@H](CO)[C@@H](O)[C@H]3O)[C@@H](O)[C@@H](O)[C@@H]2O)[C@@H](O)[C@@H](O)[C@@H]1O. The Labute approximate surface area is 192 Å². The third kappa shape index (κ3) is 5.09. The summed E-state index contributed by atoms with van der Waals surface area (Å²) in [7, 11) is 0. The topological polar surface area (TPSA) is 269 Å². The van der Waals surface area contributed by atoms with Gasteiger partial charge in [0.15, 0.2) is 12.6 Å². The normalized spacial score (nSPS) is 52.1. The van der Waals surface area contributed by atoms with Gasteiger partial charge >= 0.3 is 0 Å². The van der Waals surface area contributed by atoms with Crippen LogP contribution in [0.1, 0.15) is 0 Å². The molecule has 14 atom stereocenters. The Morgan fingerprint density at radius 1 is 0.588 bits per heavy atom. The molecule has 16 heteroatoms. The Morgan fingerprint density at radius 3 is 1.65 bits per heavy atom. The number of aliphatic hydroxyl groups excluding tert-OH is 11. The maximum absolute atomic E-state index is 10.3. The summed E-state index contributed by atoms with van der Waals surface area (Å²) in [6.07, 6.45) is -21.8. The van der Waals surface area contributed by atoms with Gasteiger partial charge in [-0.3, -0.25) is 0 Å². The molecule has 3 fully saturated rings. The lowest BCUT2D eigenvalue weighted by Gasteiger charge is -2.44. The zero-order valence-corrected chi connectivity index (χ0v) is 17.8. The van der Waals surface area contributed by atoms with E-state index in [-0.39, 0.29) is 0 Å². The van der Waals surface area contributed by atoms with Crippen LogP contribution in [0.5, 0.6) is 0 Å². The van der Waals surface area contributed by atoms with E-state index in [9.17, 15) is 56.2 Å². The fourth-order valence-corrected chi connectivity index (χ4v) is 4.01. The molecule has 0 saturated carbocycles. The second-order valence-electron chi connectivity index (χ2n) is 8.41. The highest BCUT2D eigenvalue weighted by Crippen LogP contribution is 2.36. The van der Waals surface area contributed by atoms with Gasteiger partial charge in [0.1, 0.15) is 73.8 Å². The summed E-state index contributed by atoms with van der Waals surface area (Å²) in [6, 6.07) is 0. The number of hydrogen-bond donors (Lipinski definition) is 11. The van der Waals surface area contributed by atoms with E-state index in [1.165, 1.54) is 0 Å². The molecule has 3 rings (SSSR count). The molecular weight excluding hydrogens is 472 g/mol. The minimum Gasteiger partial charge on any atom is -0.394 e. The Kier molecular flexibility index (Phi) is 9.18. The summed E-state index contributed by atoms with van der Waals surface area (Å²) < 4.78 is 26.4. The fourth-order valence-electron chi connectivity index (χ4n) is 4.01. The molecule has 0 unspecified atom stereocenters. The van der Waals surface area contributed by atoms with Crippen LogP contribution in [0.4, 0.5) is 0 Å². The number of hydrogen-bond acceptors (Lipinski definition) is 16. The van der Waals surface area contributed by atoms with Crippen LogP contribution in [0.25, 0.3) is 0 Å². The quantitative estimate of drug-likeness (QED) is 0.146. The van der Waals surface area contributed by atoms with Gasteiger partial charge in [-0.2, -0.15) is 0 Å². The minimum absolute atomic E-state index is 0.634. The molecule has 0 radical (unpaired) electrons. The summed E-state index contributed by atoms with van der Waals surface area (Å²) in [6.45, 7) is -3.14. The lowest BCUT2D eigenvalue weighted by Crippen LogP contribution is -2.63. The molecule has 16 nitrogen and oxygen atoms in total.